The summed E-state index contributed by atoms with van der Waals surface area (Å²) in [5, 5.41) is 0. The minimum absolute atomic E-state index is 0. The molecule has 0 aromatic heterocycles. The van der Waals surface area contributed by atoms with Gasteiger partial charge in [-0.3, -0.25) is 0 Å². The summed E-state index contributed by atoms with van der Waals surface area (Å²) in [7, 11) is -16.7. The Morgan fingerprint density at radius 2 is 0.371 bits per heavy atom. The minimum atomic E-state index is -8.35. The maximum Gasteiger partial charge on any atom is 0.545 e. The number of hydrogen-bond donors (Lipinski definition) is 2. The van der Waals surface area contributed by atoms with Crippen LogP contribution in [0.1, 0.15) is 7.43 Å². The molecule has 0 saturated carbocycles. The Bertz CT molecular complexity index is 420. The molecule has 28 heteroatoms. The van der Waals surface area contributed by atoms with Crippen molar-refractivity contribution < 1.29 is 154 Å². The second-order valence-corrected chi connectivity index (χ2v) is 10.7. The summed E-state index contributed by atoms with van der Waals surface area (Å²) in [5.74, 6) is -40.4. The van der Waals surface area contributed by atoms with Crippen LogP contribution >= 0.6 is 0 Å². The molecule has 0 aromatic carbocycles. The standard InChI is InChI=1S/2C3HF9OSi.CH4.4H2O.2Ti/c2*4-1(5,6)14(13,2(7,8)9)3(10,11)12;;;;;;;/h2*13H;1H4;4*1H2;;. The van der Waals surface area contributed by atoms with E-state index in [1.807, 2.05) is 0 Å². The molecule has 35 heavy (non-hydrogen) atoms. The Labute approximate surface area is 212 Å². The quantitative estimate of drug-likeness (QED) is 0.293. The summed E-state index contributed by atoms with van der Waals surface area (Å²) < 4.78 is 206. The van der Waals surface area contributed by atoms with Crippen molar-refractivity contribution in [3.8, 4) is 0 Å². The van der Waals surface area contributed by atoms with Crippen molar-refractivity contribution in [3.63, 3.8) is 0 Å². The molecule has 0 heterocycles. The topological polar surface area (TPSA) is 166 Å². The molecular weight excluding hydrogens is 674 g/mol. The zero-order valence-electron chi connectivity index (χ0n) is 14.7. The predicted octanol–water partition coefficient (Wildman–Crippen LogP) is 1.79. The van der Waals surface area contributed by atoms with Crippen molar-refractivity contribution in [1.82, 2.24) is 0 Å². The van der Waals surface area contributed by atoms with Gasteiger partial charge in [-0.2, -0.15) is 79.0 Å². The van der Waals surface area contributed by atoms with E-state index in [1.54, 1.807) is 0 Å². The molecule has 0 aliphatic carbocycles. The second kappa shape index (κ2) is 16.4. The maximum absolute atomic E-state index is 11.5. The summed E-state index contributed by atoms with van der Waals surface area (Å²) >= 11 is 0. The van der Waals surface area contributed by atoms with E-state index < -0.39 is 51.4 Å². The summed E-state index contributed by atoms with van der Waals surface area (Å²) in [6, 6.07) is 0. The van der Waals surface area contributed by atoms with Crippen molar-refractivity contribution in [3.05, 3.63) is 0 Å². The molecule has 0 spiro atoms. The first-order valence-corrected chi connectivity index (χ1v) is 9.24. The summed E-state index contributed by atoms with van der Waals surface area (Å²) in [6.45, 7) is 0. The molecule has 0 unspecified atom stereocenters. The van der Waals surface area contributed by atoms with Crippen LogP contribution in [-0.2, 0) is 43.4 Å². The van der Waals surface area contributed by atoms with Gasteiger partial charge in [-0.15, -0.1) is 0 Å². The number of hydrogen-bond acceptors (Lipinski definition) is 2. The van der Waals surface area contributed by atoms with Gasteiger partial charge in [0.25, 0.3) is 0 Å². The van der Waals surface area contributed by atoms with Gasteiger partial charge in [-0.05, 0) is 0 Å². The molecule has 220 valence electrons. The fourth-order valence-corrected chi connectivity index (χ4v) is 2.89. The van der Waals surface area contributed by atoms with Crippen LogP contribution in [0.15, 0.2) is 0 Å². The Morgan fingerprint density at radius 1 is 0.314 bits per heavy atom. The molecular formula is C7H14F18O6Si2Ti2. The summed E-state index contributed by atoms with van der Waals surface area (Å²) in [6.07, 6.45) is 0. The van der Waals surface area contributed by atoms with Crippen LogP contribution < -0.4 is 0 Å². The van der Waals surface area contributed by atoms with Crippen molar-refractivity contribution in [2.24, 2.45) is 0 Å². The van der Waals surface area contributed by atoms with Crippen LogP contribution in [0.4, 0.5) is 79.0 Å². The Hall–Kier alpha value is 0.362. The third-order valence-electron chi connectivity index (χ3n) is 2.46. The Balaban J connectivity index is -0.0000000460. The molecule has 0 aromatic rings. The van der Waals surface area contributed by atoms with E-state index in [0.717, 1.165) is 0 Å². The van der Waals surface area contributed by atoms with Crippen LogP contribution in [0.3, 0.4) is 0 Å². The van der Waals surface area contributed by atoms with Crippen molar-refractivity contribution in [1.29, 1.82) is 0 Å². The average Bonchev–Trinajstić information content (AvgIpc) is 2.29. The van der Waals surface area contributed by atoms with Gasteiger partial charge in [0.05, 0.1) is 0 Å². The minimum Gasteiger partial charge on any atom is -0.413 e. The van der Waals surface area contributed by atoms with E-state index in [1.165, 1.54) is 0 Å². The van der Waals surface area contributed by atoms with E-state index in [4.69, 9.17) is 9.59 Å². The predicted molar refractivity (Wildman–Crippen MR) is 73.5 cm³/mol. The molecule has 0 aliphatic heterocycles. The van der Waals surface area contributed by atoms with Crippen LogP contribution in [0.2, 0.25) is 0 Å². The van der Waals surface area contributed by atoms with Crippen molar-refractivity contribution in [2.75, 3.05) is 0 Å². The van der Waals surface area contributed by atoms with Crippen LogP contribution in [-0.4, -0.2) is 82.9 Å². The van der Waals surface area contributed by atoms with E-state index >= 15 is 0 Å². The molecule has 10 N–H and O–H groups in total. The van der Waals surface area contributed by atoms with Gasteiger partial charge < -0.3 is 31.5 Å². The van der Waals surface area contributed by atoms with Gasteiger partial charge >= 0.3 is 51.4 Å². The molecule has 0 aliphatic rings. The van der Waals surface area contributed by atoms with E-state index in [-0.39, 0.29) is 72.8 Å². The molecule has 0 saturated heterocycles. The van der Waals surface area contributed by atoms with Gasteiger partial charge in [0.1, 0.15) is 0 Å². The first kappa shape index (κ1) is 60.1. The number of halogens is 18. The SMILES string of the molecule is C.O.O.O.O.O[Si](C(F)(F)F)(C(F)(F)F)C(F)(F)F.O[Si](C(F)(F)F)(C(F)(F)F)C(F)(F)F.[Ti].[Ti]. The van der Waals surface area contributed by atoms with Gasteiger partial charge in [-0.1, -0.05) is 7.43 Å². The third kappa shape index (κ3) is 12.2. The third-order valence-corrected chi connectivity index (χ3v) is 7.38. The molecule has 0 atom stereocenters. The maximum atomic E-state index is 11.5. The molecule has 6 nitrogen and oxygen atoms in total. The zero-order chi connectivity index (χ0) is 24.0. The fraction of sp³-hybridized carbons (Fsp3) is 1.00. The summed E-state index contributed by atoms with van der Waals surface area (Å²) in [4.78, 5) is 15.6. The van der Waals surface area contributed by atoms with E-state index in [0.29, 0.717) is 0 Å². The molecule has 0 radical (unpaired) electrons. The zero-order valence-corrected chi connectivity index (χ0v) is 19.8. The van der Waals surface area contributed by atoms with Gasteiger partial charge in [0.15, 0.2) is 0 Å². The van der Waals surface area contributed by atoms with E-state index in [2.05, 4.69) is 0 Å². The Morgan fingerprint density at radius 3 is 0.371 bits per heavy atom. The first-order chi connectivity index (χ1) is 11.5. The normalized spacial score (nSPS) is 12.7. The Kier molecular flexibility index (Phi) is 28.1. The number of alkyl halides is 18. The van der Waals surface area contributed by atoms with Gasteiger partial charge in [0, 0.05) is 43.4 Å². The van der Waals surface area contributed by atoms with Crippen LogP contribution in [0.25, 0.3) is 0 Å². The van der Waals surface area contributed by atoms with Crippen LogP contribution in [0, 0.1) is 0 Å². The van der Waals surface area contributed by atoms with Crippen LogP contribution in [0.5, 0.6) is 0 Å². The second-order valence-electron chi connectivity index (χ2n) is 4.41. The van der Waals surface area contributed by atoms with Crippen molar-refractivity contribution in [2.45, 2.75) is 42.2 Å². The average molecular weight is 688 g/mol. The van der Waals surface area contributed by atoms with Gasteiger partial charge in [-0.25, -0.2) is 0 Å². The van der Waals surface area contributed by atoms with Gasteiger partial charge in [0.2, 0.25) is 0 Å². The fourth-order valence-electron chi connectivity index (χ4n) is 0.964. The molecule has 0 bridgehead atoms. The molecule has 0 amide bonds. The summed E-state index contributed by atoms with van der Waals surface area (Å²) in [5.41, 5.74) is 0. The first-order valence-electron chi connectivity index (χ1n) is 5.35. The smallest absolute Gasteiger partial charge is 0.413 e. The monoisotopic (exact) mass is 688 g/mol. The van der Waals surface area contributed by atoms with E-state index in [9.17, 15) is 79.0 Å². The number of rotatable bonds is 0. The molecule has 0 rings (SSSR count). The van der Waals surface area contributed by atoms with Crippen molar-refractivity contribution >= 4 is 16.6 Å². The largest absolute Gasteiger partial charge is 0.545 e. The molecule has 0 fully saturated rings.